The summed E-state index contributed by atoms with van der Waals surface area (Å²) in [5.41, 5.74) is 4.45. The Morgan fingerprint density at radius 3 is 2.40 bits per heavy atom. The summed E-state index contributed by atoms with van der Waals surface area (Å²) >= 11 is 0. The van der Waals surface area contributed by atoms with Crippen molar-refractivity contribution >= 4 is 28.8 Å². The summed E-state index contributed by atoms with van der Waals surface area (Å²) < 4.78 is 23.0. The summed E-state index contributed by atoms with van der Waals surface area (Å²) in [6, 6.07) is 9.75. The van der Waals surface area contributed by atoms with E-state index in [0.717, 1.165) is 6.92 Å². The molecule has 3 aromatic rings. The zero-order chi connectivity index (χ0) is 33.8. The van der Waals surface area contributed by atoms with E-state index in [0.29, 0.717) is 11.4 Å². The fourth-order valence-electron chi connectivity index (χ4n) is 6.31. The van der Waals surface area contributed by atoms with Gasteiger partial charge >= 0.3 is 0 Å². The van der Waals surface area contributed by atoms with Gasteiger partial charge in [-0.15, -0.1) is 0 Å². The van der Waals surface area contributed by atoms with E-state index in [4.69, 9.17) is 24.7 Å². The molecule has 246 valence electrons. The Morgan fingerprint density at radius 2 is 1.72 bits per heavy atom. The van der Waals surface area contributed by atoms with Crippen LogP contribution in [0.15, 0.2) is 42.5 Å². The lowest BCUT2D eigenvalue weighted by molar-refractivity contribution is -0.226. The summed E-state index contributed by atoms with van der Waals surface area (Å²) in [5.74, 6) is -3.74. The standard InChI is InChI=1S/C33H32N2O12/c1-14-28(37)20(35-43)10-23(46-14)47-22-12-33(42,15(2)36)11-19-25(22)32(41)27-26(30(19)39)29(38)18-4-3-5-21(24(18)31(27)40)45-13-44-17-8-6-16(34)7-9-17/h3-9,14,20,22-23,35,39,41-43H,10-13,34H2,1-2H3/t14?,20?,22-,23?,33-/m0/s1. The Labute approximate surface area is 267 Å². The molecule has 1 aliphatic heterocycles. The zero-order valence-electron chi connectivity index (χ0n) is 25.3. The summed E-state index contributed by atoms with van der Waals surface area (Å²) in [6.07, 6.45) is -4.64. The Morgan fingerprint density at radius 1 is 1.02 bits per heavy atom. The highest BCUT2D eigenvalue weighted by molar-refractivity contribution is 6.31. The number of aromatic hydroxyl groups is 2. The highest BCUT2D eigenvalue weighted by Gasteiger charge is 2.49. The number of carbonyl (C=O) groups excluding carboxylic acids is 4. The van der Waals surface area contributed by atoms with Gasteiger partial charge in [-0.2, -0.15) is 5.48 Å². The second kappa shape index (κ2) is 12.1. The first-order valence-corrected chi connectivity index (χ1v) is 14.8. The number of nitrogens with two attached hydrogens (primary N) is 1. The largest absolute Gasteiger partial charge is 0.507 e. The second-order valence-corrected chi connectivity index (χ2v) is 11.8. The minimum Gasteiger partial charge on any atom is -0.507 e. The second-order valence-electron chi connectivity index (χ2n) is 11.8. The van der Waals surface area contributed by atoms with Gasteiger partial charge in [0.2, 0.25) is 12.6 Å². The van der Waals surface area contributed by atoms with E-state index < -0.39 is 88.7 Å². The minimum atomic E-state index is -2.09. The number of hydroxylamine groups is 1. The minimum absolute atomic E-state index is 0.0193. The predicted octanol–water partition coefficient (Wildman–Crippen LogP) is 2.25. The van der Waals surface area contributed by atoms with Crippen molar-refractivity contribution in [2.45, 2.75) is 63.3 Å². The van der Waals surface area contributed by atoms with Gasteiger partial charge in [-0.1, -0.05) is 12.1 Å². The average molecular weight is 649 g/mol. The van der Waals surface area contributed by atoms with Crippen LogP contribution in [-0.2, 0) is 25.5 Å². The Kier molecular flexibility index (Phi) is 8.23. The SMILES string of the molecule is CC(=O)[C@]1(O)Cc2c(O)c3c(c(O)c2[C@@H](OC2CC(NO)C(=O)C(C)O2)C1)C(=O)c1c(OCOc2ccc(N)cc2)cccc1C3=O. The number of hydrogen-bond acceptors (Lipinski definition) is 14. The Bertz CT molecular complexity index is 1810. The van der Waals surface area contributed by atoms with E-state index in [1.54, 1.807) is 24.3 Å². The molecule has 0 saturated carbocycles. The van der Waals surface area contributed by atoms with Crippen LogP contribution in [-0.4, -0.2) is 74.5 Å². The Hall–Kier alpha value is -4.86. The van der Waals surface area contributed by atoms with Gasteiger partial charge < -0.3 is 45.2 Å². The number of ether oxygens (including phenoxy) is 4. The Balaban J connectivity index is 1.40. The molecule has 47 heavy (non-hydrogen) atoms. The van der Waals surface area contributed by atoms with Gasteiger partial charge in [0, 0.05) is 41.6 Å². The number of benzene rings is 3. The van der Waals surface area contributed by atoms with Crippen LogP contribution in [0.25, 0.3) is 0 Å². The molecule has 0 spiro atoms. The summed E-state index contributed by atoms with van der Waals surface area (Å²) in [7, 11) is 0. The molecule has 14 heteroatoms. The van der Waals surface area contributed by atoms with Crippen molar-refractivity contribution in [3.8, 4) is 23.0 Å². The fraction of sp³-hybridized carbons (Fsp3) is 0.333. The van der Waals surface area contributed by atoms with E-state index >= 15 is 0 Å². The molecular weight excluding hydrogens is 616 g/mol. The number of hydrogen-bond donors (Lipinski definition) is 6. The third-order valence-electron chi connectivity index (χ3n) is 8.83. The van der Waals surface area contributed by atoms with E-state index in [9.17, 15) is 39.7 Å². The molecule has 0 amide bonds. The third kappa shape index (κ3) is 5.49. The highest BCUT2D eigenvalue weighted by atomic mass is 16.7. The van der Waals surface area contributed by atoms with Crippen LogP contribution in [0.3, 0.4) is 0 Å². The number of phenolic OH excluding ortho intramolecular Hbond substituents is 2. The molecule has 3 aromatic carbocycles. The zero-order valence-corrected chi connectivity index (χ0v) is 25.3. The maximum absolute atomic E-state index is 14.1. The molecular formula is C33H32N2O12. The molecule has 0 bridgehead atoms. The molecule has 3 unspecified atom stereocenters. The first kappa shape index (κ1) is 32.1. The van der Waals surface area contributed by atoms with E-state index in [2.05, 4.69) is 0 Å². The van der Waals surface area contributed by atoms with Crippen molar-refractivity contribution in [1.82, 2.24) is 5.48 Å². The number of phenols is 2. The van der Waals surface area contributed by atoms with Crippen LogP contribution in [0, 0.1) is 0 Å². The number of fused-ring (bicyclic) bond motifs is 3. The monoisotopic (exact) mass is 648 g/mol. The lowest BCUT2D eigenvalue weighted by Crippen LogP contribution is -2.51. The molecule has 6 rings (SSSR count). The van der Waals surface area contributed by atoms with Gasteiger partial charge in [-0.05, 0) is 44.2 Å². The van der Waals surface area contributed by atoms with Crippen molar-refractivity contribution in [1.29, 1.82) is 0 Å². The number of carbonyl (C=O) groups is 4. The smallest absolute Gasteiger partial charge is 0.230 e. The molecule has 1 saturated heterocycles. The number of nitrogen functional groups attached to an aromatic ring is 1. The number of nitrogens with one attached hydrogen (secondary N) is 1. The summed E-state index contributed by atoms with van der Waals surface area (Å²) in [5, 5.41) is 44.0. The van der Waals surface area contributed by atoms with Crippen LogP contribution in [0.1, 0.15) is 75.8 Å². The number of anilines is 1. The molecule has 1 heterocycles. The molecule has 14 nitrogen and oxygen atoms in total. The average Bonchev–Trinajstić information content (AvgIpc) is 3.03. The lowest BCUT2D eigenvalue weighted by atomic mass is 9.72. The molecule has 0 radical (unpaired) electrons. The first-order valence-electron chi connectivity index (χ1n) is 14.8. The third-order valence-corrected chi connectivity index (χ3v) is 8.83. The van der Waals surface area contributed by atoms with E-state index in [1.165, 1.54) is 25.1 Å². The van der Waals surface area contributed by atoms with Crippen LogP contribution in [0.4, 0.5) is 5.69 Å². The fourth-order valence-corrected chi connectivity index (χ4v) is 6.31. The van der Waals surface area contributed by atoms with Crippen molar-refractivity contribution in [2.75, 3.05) is 12.5 Å². The lowest BCUT2D eigenvalue weighted by Gasteiger charge is -2.41. The molecule has 0 aromatic heterocycles. The van der Waals surface area contributed by atoms with Crippen LogP contribution < -0.4 is 20.7 Å². The maximum atomic E-state index is 14.1. The molecule has 7 N–H and O–H groups in total. The highest BCUT2D eigenvalue weighted by Crippen LogP contribution is 2.52. The van der Waals surface area contributed by atoms with E-state index in [-0.39, 0.29) is 41.2 Å². The predicted molar refractivity (Wildman–Crippen MR) is 161 cm³/mol. The molecule has 1 fully saturated rings. The topological polar surface area (TPSA) is 224 Å². The molecule has 3 aliphatic rings. The van der Waals surface area contributed by atoms with Crippen molar-refractivity contribution in [3.05, 3.63) is 75.8 Å². The van der Waals surface area contributed by atoms with Gasteiger partial charge in [-0.25, -0.2) is 0 Å². The maximum Gasteiger partial charge on any atom is 0.230 e. The van der Waals surface area contributed by atoms with Crippen LogP contribution in [0.2, 0.25) is 0 Å². The molecule has 5 atom stereocenters. The van der Waals surface area contributed by atoms with Crippen molar-refractivity contribution in [3.63, 3.8) is 0 Å². The normalized spacial score (nSPS) is 25.1. The number of rotatable bonds is 8. The summed E-state index contributed by atoms with van der Waals surface area (Å²) in [6.45, 7) is 2.25. The first-order chi connectivity index (χ1) is 22.3. The van der Waals surface area contributed by atoms with Gasteiger partial charge in [0.05, 0.1) is 28.8 Å². The van der Waals surface area contributed by atoms with Crippen molar-refractivity contribution < 1.29 is 58.7 Å². The van der Waals surface area contributed by atoms with Crippen LogP contribution in [0.5, 0.6) is 23.0 Å². The quantitative estimate of drug-likeness (QED) is 0.0698. The van der Waals surface area contributed by atoms with Gasteiger partial charge in [0.1, 0.15) is 34.7 Å². The van der Waals surface area contributed by atoms with Crippen LogP contribution >= 0.6 is 0 Å². The number of aliphatic hydroxyl groups is 1. The van der Waals surface area contributed by atoms with Gasteiger partial charge in [0.15, 0.2) is 23.6 Å². The van der Waals surface area contributed by atoms with Crippen molar-refractivity contribution in [2.24, 2.45) is 0 Å². The molecule has 2 aliphatic carbocycles. The van der Waals surface area contributed by atoms with E-state index in [1.807, 2.05) is 5.48 Å². The van der Waals surface area contributed by atoms with Gasteiger partial charge in [0.25, 0.3) is 0 Å². The summed E-state index contributed by atoms with van der Waals surface area (Å²) in [4.78, 5) is 52.9. The van der Waals surface area contributed by atoms with Gasteiger partial charge in [-0.3, -0.25) is 19.2 Å². The number of ketones is 4. The number of Topliss-reactive ketones (excluding diaryl/α,β-unsaturated/α-hetero) is 2.